The molecule has 2 aromatic rings. The van der Waals surface area contributed by atoms with Gasteiger partial charge in [-0.15, -0.1) is 0 Å². The zero-order chi connectivity index (χ0) is 19.2. The molecule has 2 aliphatic rings. The van der Waals surface area contributed by atoms with Gasteiger partial charge < -0.3 is 10.1 Å². The van der Waals surface area contributed by atoms with Crippen molar-refractivity contribution in [2.24, 2.45) is 11.8 Å². The Balaban J connectivity index is 1.60. The van der Waals surface area contributed by atoms with Crippen LogP contribution in [0.2, 0.25) is 0 Å². The van der Waals surface area contributed by atoms with Crippen molar-refractivity contribution in [3.05, 3.63) is 59.9 Å². The van der Waals surface area contributed by atoms with E-state index in [9.17, 15) is 18.0 Å². The summed E-state index contributed by atoms with van der Waals surface area (Å²) in [5.41, 5.74) is 0.316. The fourth-order valence-corrected chi connectivity index (χ4v) is 4.32. The predicted molar refractivity (Wildman–Crippen MR) is 93.0 cm³/mol. The van der Waals surface area contributed by atoms with Crippen molar-refractivity contribution in [3.63, 3.8) is 0 Å². The van der Waals surface area contributed by atoms with E-state index in [1.54, 1.807) is 12.4 Å². The van der Waals surface area contributed by atoms with Gasteiger partial charge in [0.05, 0.1) is 23.7 Å². The smallest absolute Gasteiger partial charge is 0.373 e. The van der Waals surface area contributed by atoms with Crippen LogP contribution in [0.25, 0.3) is 0 Å². The van der Waals surface area contributed by atoms with Crippen LogP contribution in [0.15, 0.2) is 48.8 Å². The molecule has 142 valence electrons. The van der Waals surface area contributed by atoms with E-state index in [0.29, 0.717) is 0 Å². The molecule has 0 aliphatic carbocycles. The van der Waals surface area contributed by atoms with Gasteiger partial charge in [-0.25, -0.2) is 0 Å². The molecule has 1 aromatic carbocycles. The van der Waals surface area contributed by atoms with Crippen LogP contribution in [0.5, 0.6) is 0 Å². The summed E-state index contributed by atoms with van der Waals surface area (Å²) in [4.78, 5) is 17.0. The molecule has 2 fully saturated rings. The van der Waals surface area contributed by atoms with Crippen LogP contribution >= 0.6 is 0 Å². The number of ether oxygens (including phenoxy) is 1. The number of halogens is 3. The van der Waals surface area contributed by atoms with Crippen molar-refractivity contribution < 1.29 is 22.7 Å². The van der Waals surface area contributed by atoms with E-state index in [2.05, 4.69) is 10.3 Å². The molecule has 1 aromatic heterocycles. The first-order chi connectivity index (χ1) is 12.8. The predicted octanol–water partition coefficient (Wildman–Crippen LogP) is 4.25. The van der Waals surface area contributed by atoms with Crippen molar-refractivity contribution in [2.45, 2.75) is 37.6 Å². The summed E-state index contributed by atoms with van der Waals surface area (Å²) in [6, 6.07) is 8.42. The summed E-state index contributed by atoms with van der Waals surface area (Å²) in [6.07, 6.45) is -0.544. The molecule has 0 saturated carbocycles. The number of fused-ring (bicyclic) bond motifs is 2. The second kappa shape index (κ2) is 6.64. The van der Waals surface area contributed by atoms with Crippen molar-refractivity contribution in [2.75, 3.05) is 5.32 Å². The van der Waals surface area contributed by atoms with Gasteiger partial charge in [0.2, 0.25) is 5.91 Å². The monoisotopic (exact) mass is 376 g/mol. The number of hydrogen-bond acceptors (Lipinski definition) is 3. The fourth-order valence-electron chi connectivity index (χ4n) is 4.32. The van der Waals surface area contributed by atoms with E-state index in [-0.39, 0.29) is 35.6 Å². The number of amides is 1. The molecule has 4 nitrogen and oxygen atoms in total. The van der Waals surface area contributed by atoms with Crippen LogP contribution < -0.4 is 5.32 Å². The fraction of sp³-hybridized carbons (Fsp3) is 0.400. The van der Waals surface area contributed by atoms with E-state index < -0.39 is 17.7 Å². The van der Waals surface area contributed by atoms with Crippen LogP contribution in [0.1, 0.15) is 30.4 Å². The molecule has 2 bridgehead atoms. The summed E-state index contributed by atoms with van der Waals surface area (Å²) < 4.78 is 44.8. The number of benzene rings is 1. The summed E-state index contributed by atoms with van der Waals surface area (Å²) in [5.74, 6) is -0.656. The SMILES string of the molecule is CC1CC2OC1C(C(=O)Nc1cccc(C(F)(F)F)c1)C2c1ccncc1. The average molecular weight is 376 g/mol. The van der Waals surface area contributed by atoms with Crippen LogP contribution in [-0.4, -0.2) is 23.1 Å². The molecule has 5 atom stereocenters. The number of carbonyl (C=O) groups excluding carboxylic acids is 1. The van der Waals surface area contributed by atoms with Gasteiger partial charge in [-0.1, -0.05) is 13.0 Å². The van der Waals surface area contributed by atoms with E-state index >= 15 is 0 Å². The second-order valence-corrected chi connectivity index (χ2v) is 7.25. The normalized spacial score (nSPS) is 29.7. The zero-order valence-electron chi connectivity index (χ0n) is 14.6. The molecule has 3 heterocycles. The number of carbonyl (C=O) groups is 1. The number of aromatic nitrogens is 1. The van der Waals surface area contributed by atoms with Gasteiger partial charge in [0, 0.05) is 24.0 Å². The first kappa shape index (κ1) is 18.0. The van der Waals surface area contributed by atoms with Gasteiger partial charge in [-0.3, -0.25) is 9.78 Å². The van der Waals surface area contributed by atoms with E-state index in [0.717, 1.165) is 24.1 Å². The number of nitrogens with zero attached hydrogens (tertiary/aromatic N) is 1. The topological polar surface area (TPSA) is 51.2 Å². The molecule has 27 heavy (non-hydrogen) atoms. The van der Waals surface area contributed by atoms with Crippen molar-refractivity contribution in [1.82, 2.24) is 4.98 Å². The Morgan fingerprint density at radius 3 is 2.67 bits per heavy atom. The number of pyridine rings is 1. The zero-order valence-corrected chi connectivity index (χ0v) is 14.6. The third-order valence-corrected chi connectivity index (χ3v) is 5.49. The number of nitrogens with one attached hydrogen (secondary N) is 1. The molecule has 0 radical (unpaired) electrons. The molecule has 1 amide bonds. The Morgan fingerprint density at radius 1 is 1.22 bits per heavy atom. The molecule has 4 rings (SSSR count). The van der Waals surface area contributed by atoms with E-state index in [4.69, 9.17) is 4.74 Å². The van der Waals surface area contributed by atoms with E-state index in [1.807, 2.05) is 19.1 Å². The summed E-state index contributed by atoms with van der Waals surface area (Å²) in [5, 5.41) is 2.67. The van der Waals surface area contributed by atoms with Gasteiger partial charge in [-0.05, 0) is 48.2 Å². The summed E-state index contributed by atoms with van der Waals surface area (Å²) >= 11 is 0. The second-order valence-electron chi connectivity index (χ2n) is 7.25. The van der Waals surface area contributed by atoms with Crippen molar-refractivity contribution >= 4 is 11.6 Å². The molecule has 2 saturated heterocycles. The Bertz CT molecular complexity index is 841. The molecule has 2 aliphatic heterocycles. The third-order valence-electron chi connectivity index (χ3n) is 5.49. The quantitative estimate of drug-likeness (QED) is 0.872. The maximum atomic E-state index is 13.0. The minimum atomic E-state index is -4.45. The van der Waals surface area contributed by atoms with Gasteiger partial charge in [0.1, 0.15) is 0 Å². The Morgan fingerprint density at radius 2 is 1.96 bits per heavy atom. The first-order valence-electron chi connectivity index (χ1n) is 8.88. The Labute approximate surface area is 154 Å². The summed E-state index contributed by atoms with van der Waals surface area (Å²) in [7, 11) is 0. The van der Waals surface area contributed by atoms with Crippen molar-refractivity contribution in [1.29, 1.82) is 0 Å². The Hall–Kier alpha value is -2.41. The molecular formula is C20H19F3N2O2. The number of alkyl halides is 3. The largest absolute Gasteiger partial charge is 0.416 e. The number of rotatable bonds is 3. The molecule has 7 heteroatoms. The molecule has 0 spiro atoms. The highest BCUT2D eigenvalue weighted by molar-refractivity contribution is 5.94. The average Bonchev–Trinajstić information content (AvgIpc) is 3.19. The minimum Gasteiger partial charge on any atom is -0.373 e. The van der Waals surface area contributed by atoms with Crippen LogP contribution in [0.4, 0.5) is 18.9 Å². The summed E-state index contributed by atoms with van der Waals surface area (Å²) in [6.45, 7) is 2.04. The minimum absolute atomic E-state index is 0.0651. The first-order valence-corrected chi connectivity index (χ1v) is 8.88. The maximum Gasteiger partial charge on any atom is 0.416 e. The van der Waals surface area contributed by atoms with Gasteiger partial charge in [0.15, 0.2) is 0 Å². The van der Waals surface area contributed by atoms with Crippen LogP contribution in [-0.2, 0) is 15.7 Å². The highest BCUT2D eigenvalue weighted by Crippen LogP contribution is 2.51. The highest BCUT2D eigenvalue weighted by atomic mass is 19.4. The number of hydrogen-bond donors (Lipinski definition) is 1. The van der Waals surface area contributed by atoms with Gasteiger partial charge >= 0.3 is 6.18 Å². The lowest BCUT2D eigenvalue weighted by molar-refractivity contribution is -0.137. The van der Waals surface area contributed by atoms with Gasteiger partial charge in [0.25, 0.3) is 0 Å². The third kappa shape index (κ3) is 3.32. The van der Waals surface area contributed by atoms with Crippen LogP contribution in [0, 0.1) is 11.8 Å². The Kier molecular flexibility index (Phi) is 4.42. The number of anilines is 1. The van der Waals surface area contributed by atoms with Crippen LogP contribution in [0.3, 0.4) is 0 Å². The van der Waals surface area contributed by atoms with Gasteiger partial charge in [-0.2, -0.15) is 13.2 Å². The standard InChI is InChI=1S/C20H19F3N2O2/c1-11-9-15-16(12-5-7-24-8-6-12)17(18(11)27-15)19(26)25-14-4-2-3-13(10-14)20(21,22)23/h2-8,10-11,15-18H,9H2,1H3,(H,25,26). The molecule has 1 N–H and O–H groups in total. The molecule has 5 unspecified atom stereocenters. The van der Waals surface area contributed by atoms with E-state index in [1.165, 1.54) is 12.1 Å². The highest BCUT2D eigenvalue weighted by Gasteiger charge is 2.55. The molecular weight excluding hydrogens is 357 g/mol. The van der Waals surface area contributed by atoms with Crippen molar-refractivity contribution in [3.8, 4) is 0 Å². The lowest BCUT2D eigenvalue weighted by atomic mass is 9.71. The lowest BCUT2D eigenvalue weighted by Crippen LogP contribution is -2.39. The maximum absolute atomic E-state index is 13.0. The lowest BCUT2D eigenvalue weighted by Gasteiger charge is -2.30.